The number of halogens is 1. The van der Waals surface area contributed by atoms with Crippen LogP contribution in [0.3, 0.4) is 0 Å². The molecule has 0 saturated carbocycles. The van der Waals surface area contributed by atoms with Crippen molar-refractivity contribution in [1.82, 2.24) is 0 Å². The van der Waals surface area contributed by atoms with Crippen LogP contribution in [0.4, 0.5) is 10.1 Å². The van der Waals surface area contributed by atoms with E-state index in [1.807, 2.05) is 0 Å². The van der Waals surface area contributed by atoms with E-state index in [-0.39, 0.29) is 22.7 Å². The molecule has 0 amide bonds. The van der Waals surface area contributed by atoms with E-state index in [0.29, 0.717) is 0 Å². The first-order valence-electron chi connectivity index (χ1n) is 3.75. The van der Waals surface area contributed by atoms with Gasteiger partial charge in [0.1, 0.15) is 17.4 Å². The molecular formula is C9H9FN2O2. The van der Waals surface area contributed by atoms with Crippen LogP contribution in [0.25, 0.3) is 0 Å². The number of benzene rings is 1. The zero-order chi connectivity index (χ0) is 10.7. The average Bonchev–Trinajstić information content (AvgIpc) is 2.19. The van der Waals surface area contributed by atoms with E-state index in [9.17, 15) is 4.39 Å². The molecule has 0 aliphatic rings. The fourth-order valence-corrected chi connectivity index (χ4v) is 1.05. The van der Waals surface area contributed by atoms with Crippen molar-refractivity contribution in [3.05, 3.63) is 17.4 Å². The predicted octanol–water partition coefficient (Wildman–Crippen LogP) is 1.30. The number of nitrogens with zero attached hydrogens (tertiary/aromatic N) is 1. The number of nitriles is 1. The molecule has 0 unspecified atom stereocenters. The van der Waals surface area contributed by atoms with Gasteiger partial charge in [0.2, 0.25) is 0 Å². The Morgan fingerprint density at radius 1 is 1.36 bits per heavy atom. The number of anilines is 1. The molecule has 74 valence electrons. The van der Waals surface area contributed by atoms with Crippen molar-refractivity contribution in [3.8, 4) is 17.6 Å². The summed E-state index contributed by atoms with van der Waals surface area (Å²) in [6.45, 7) is 0. The van der Waals surface area contributed by atoms with Crippen molar-refractivity contribution in [2.45, 2.75) is 0 Å². The molecule has 0 aliphatic heterocycles. The van der Waals surface area contributed by atoms with Crippen LogP contribution < -0.4 is 15.2 Å². The summed E-state index contributed by atoms with van der Waals surface area (Å²) in [5.41, 5.74) is 5.20. The molecule has 2 N–H and O–H groups in total. The first-order chi connectivity index (χ1) is 6.65. The van der Waals surface area contributed by atoms with E-state index < -0.39 is 5.82 Å². The van der Waals surface area contributed by atoms with Gasteiger partial charge in [-0.3, -0.25) is 0 Å². The lowest BCUT2D eigenvalue weighted by Crippen LogP contribution is -2.01. The Labute approximate surface area is 80.7 Å². The molecule has 0 saturated heterocycles. The number of methoxy groups -OCH3 is 2. The molecule has 14 heavy (non-hydrogen) atoms. The lowest BCUT2D eigenvalue weighted by atomic mass is 10.1. The average molecular weight is 196 g/mol. The van der Waals surface area contributed by atoms with Crippen LogP contribution in [0.5, 0.6) is 11.5 Å². The first kappa shape index (κ1) is 10.1. The van der Waals surface area contributed by atoms with Gasteiger partial charge in [0, 0.05) is 6.07 Å². The highest BCUT2D eigenvalue weighted by atomic mass is 19.1. The Hall–Kier alpha value is -1.96. The Balaban J connectivity index is 3.49. The normalized spacial score (nSPS) is 9.29. The Morgan fingerprint density at radius 2 is 1.93 bits per heavy atom. The Bertz CT molecular complexity index is 371. The van der Waals surface area contributed by atoms with Crippen LogP contribution in [0, 0.1) is 17.1 Å². The maximum absolute atomic E-state index is 13.4. The van der Waals surface area contributed by atoms with Gasteiger partial charge in [-0.2, -0.15) is 5.26 Å². The lowest BCUT2D eigenvalue weighted by Gasteiger charge is -2.09. The lowest BCUT2D eigenvalue weighted by molar-refractivity contribution is 0.374. The third-order valence-corrected chi connectivity index (χ3v) is 1.78. The summed E-state index contributed by atoms with van der Waals surface area (Å²) >= 11 is 0. The second kappa shape index (κ2) is 3.83. The molecule has 0 radical (unpaired) electrons. The summed E-state index contributed by atoms with van der Waals surface area (Å²) in [4.78, 5) is 0. The van der Waals surface area contributed by atoms with Crippen LogP contribution in [-0.4, -0.2) is 14.2 Å². The summed E-state index contributed by atoms with van der Waals surface area (Å²) in [6, 6.07) is 2.95. The highest BCUT2D eigenvalue weighted by Gasteiger charge is 2.16. The Morgan fingerprint density at radius 3 is 2.36 bits per heavy atom. The van der Waals surface area contributed by atoms with E-state index in [2.05, 4.69) is 0 Å². The zero-order valence-corrected chi connectivity index (χ0v) is 7.80. The monoisotopic (exact) mass is 196 g/mol. The van der Waals surface area contributed by atoms with Gasteiger partial charge in [-0.25, -0.2) is 4.39 Å². The number of hydrogen-bond acceptors (Lipinski definition) is 4. The molecule has 0 heterocycles. The fourth-order valence-electron chi connectivity index (χ4n) is 1.05. The summed E-state index contributed by atoms with van der Waals surface area (Å²) in [6.07, 6.45) is 0. The van der Waals surface area contributed by atoms with E-state index in [1.54, 1.807) is 6.07 Å². The molecule has 4 nitrogen and oxygen atoms in total. The fraction of sp³-hybridized carbons (Fsp3) is 0.222. The third-order valence-electron chi connectivity index (χ3n) is 1.78. The minimum Gasteiger partial charge on any atom is -0.494 e. The van der Waals surface area contributed by atoms with Crippen molar-refractivity contribution < 1.29 is 13.9 Å². The van der Waals surface area contributed by atoms with E-state index in [1.165, 1.54) is 20.3 Å². The summed E-state index contributed by atoms with van der Waals surface area (Å²) < 4.78 is 23.0. The van der Waals surface area contributed by atoms with Gasteiger partial charge in [0.25, 0.3) is 0 Å². The number of rotatable bonds is 2. The number of ether oxygens (including phenoxy) is 2. The molecule has 0 spiro atoms. The minimum atomic E-state index is -0.770. The maximum Gasteiger partial charge on any atom is 0.185 e. The van der Waals surface area contributed by atoms with Crippen LogP contribution in [0.1, 0.15) is 5.56 Å². The van der Waals surface area contributed by atoms with Gasteiger partial charge in [-0.15, -0.1) is 0 Å². The van der Waals surface area contributed by atoms with Gasteiger partial charge in [-0.05, 0) is 0 Å². The number of nitrogen functional groups attached to an aromatic ring is 1. The standard InChI is InChI=1S/C9H9FN2O2/c1-13-6-3-7(14-2)9(12)5(4-11)8(6)10/h3H,12H2,1-2H3. The van der Waals surface area contributed by atoms with Crippen LogP contribution in [0.15, 0.2) is 6.07 Å². The molecule has 0 aliphatic carbocycles. The smallest absolute Gasteiger partial charge is 0.185 e. The van der Waals surface area contributed by atoms with E-state index in [4.69, 9.17) is 20.5 Å². The minimum absolute atomic E-state index is 0.0201. The quantitative estimate of drug-likeness (QED) is 0.724. The maximum atomic E-state index is 13.4. The predicted molar refractivity (Wildman–Crippen MR) is 48.6 cm³/mol. The van der Waals surface area contributed by atoms with Gasteiger partial charge < -0.3 is 15.2 Å². The van der Waals surface area contributed by atoms with Crippen molar-refractivity contribution in [3.63, 3.8) is 0 Å². The highest BCUT2D eigenvalue weighted by Crippen LogP contribution is 2.33. The molecule has 5 heteroatoms. The van der Waals surface area contributed by atoms with Crippen molar-refractivity contribution >= 4 is 5.69 Å². The molecule has 0 atom stereocenters. The molecule has 1 aromatic rings. The van der Waals surface area contributed by atoms with Gasteiger partial charge in [0.15, 0.2) is 11.6 Å². The molecule has 0 aromatic heterocycles. The summed E-state index contributed by atoms with van der Waals surface area (Å²) in [5, 5.41) is 8.66. The van der Waals surface area contributed by atoms with E-state index in [0.717, 1.165) is 0 Å². The summed E-state index contributed by atoms with van der Waals surface area (Å²) in [5.74, 6) is -0.610. The molecule has 0 bridgehead atoms. The molecular weight excluding hydrogens is 187 g/mol. The second-order valence-electron chi connectivity index (χ2n) is 2.50. The van der Waals surface area contributed by atoms with Gasteiger partial charge >= 0.3 is 0 Å². The van der Waals surface area contributed by atoms with Crippen LogP contribution in [0.2, 0.25) is 0 Å². The zero-order valence-electron chi connectivity index (χ0n) is 7.80. The molecule has 0 fully saturated rings. The number of nitrogens with two attached hydrogens (primary N) is 1. The SMILES string of the molecule is COc1cc(OC)c(F)c(C#N)c1N. The van der Waals surface area contributed by atoms with Gasteiger partial charge in [-0.1, -0.05) is 0 Å². The largest absolute Gasteiger partial charge is 0.494 e. The van der Waals surface area contributed by atoms with Crippen molar-refractivity contribution in [2.24, 2.45) is 0 Å². The first-order valence-corrected chi connectivity index (χ1v) is 3.75. The van der Waals surface area contributed by atoms with Crippen molar-refractivity contribution in [1.29, 1.82) is 5.26 Å². The Kier molecular flexibility index (Phi) is 2.77. The molecule has 1 aromatic carbocycles. The number of hydrogen-bond donors (Lipinski definition) is 1. The highest BCUT2D eigenvalue weighted by molar-refractivity contribution is 5.66. The second-order valence-corrected chi connectivity index (χ2v) is 2.50. The summed E-state index contributed by atoms with van der Waals surface area (Å²) in [7, 11) is 2.68. The molecule has 1 rings (SSSR count). The topological polar surface area (TPSA) is 68.3 Å². The third kappa shape index (κ3) is 1.42. The van der Waals surface area contributed by atoms with E-state index >= 15 is 0 Å². The van der Waals surface area contributed by atoms with Crippen LogP contribution >= 0.6 is 0 Å². The van der Waals surface area contributed by atoms with Crippen molar-refractivity contribution in [2.75, 3.05) is 20.0 Å². The van der Waals surface area contributed by atoms with Crippen LogP contribution in [-0.2, 0) is 0 Å². The van der Waals surface area contributed by atoms with Gasteiger partial charge in [0.05, 0.1) is 19.9 Å².